The summed E-state index contributed by atoms with van der Waals surface area (Å²) < 4.78 is 19.6. The summed E-state index contributed by atoms with van der Waals surface area (Å²) in [5, 5.41) is 3.11. The molecular weight excluding hydrogens is 371 g/mol. The summed E-state index contributed by atoms with van der Waals surface area (Å²) >= 11 is 0. The maximum atomic E-state index is 14.5. The lowest BCUT2D eigenvalue weighted by molar-refractivity contribution is 0.194. The molecule has 0 radical (unpaired) electrons. The van der Waals surface area contributed by atoms with Gasteiger partial charge in [-0.2, -0.15) is 0 Å². The molecule has 2 amide bonds. The van der Waals surface area contributed by atoms with Gasteiger partial charge in [-0.25, -0.2) is 9.18 Å². The van der Waals surface area contributed by atoms with Gasteiger partial charge >= 0.3 is 6.03 Å². The van der Waals surface area contributed by atoms with Gasteiger partial charge in [-0.3, -0.25) is 4.90 Å². The molecule has 0 spiro atoms. The number of nitrogens with one attached hydrogen (secondary N) is 1. The zero-order chi connectivity index (χ0) is 20.8. The van der Waals surface area contributed by atoms with Crippen molar-refractivity contribution in [2.45, 2.75) is 38.1 Å². The number of hydrogen-bond donors (Lipinski definition) is 1. The highest BCUT2D eigenvalue weighted by molar-refractivity contribution is 5.73. The first-order valence-corrected chi connectivity index (χ1v) is 10.8. The van der Waals surface area contributed by atoms with Crippen LogP contribution in [0.2, 0.25) is 0 Å². The van der Waals surface area contributed by atoms with Crippen molar-refractivity contribution in [3.05, 3.63) is 24.0 Å². The first kappa shape index (κ1) is 21.7. The Morgan fingerprint density at radius 3 is 2.48 bits per heavy atom. The highest BCUT2D eigenvalue weighted by Gasteiger charge is 2.25. The lowest BCUT2D eigenvalue weighted by Gasteiger charge is -2.37. The molecule has 1 N–H and O–H groups in total. The average molecular weight is 407 g/mol. The quantitative estimate of drug-likeness (QED) is 0.788. The molecule has 7 heteroatoms. The summed E-state index contributed by atoms with van der Waals surface area (Å²) in [6, 6.07) is 5.68. The van der Waals surface area contributed by atoms with E-state index < -0.39 is 0 Å². The number of nitrogens with zero attached hydrogens (tertiary/aromatic N) is 3. The molecule has 2 fully saturated rings. The minimum Gasteiger partial charge on any atom is -0.494 e. The van der Waals surface area contributed by atoms with Gasteiger partial charge in [0.15, 0.2) is 11.6 Å². The predicted octanol–water partition coefficient (Wildman–Crippen LogP) is 3.18. The number of piperazine rings is 1. The summed E-state index contributed by atoms with van der Waals surface area (Å²) in [6.07, 6.45) is 5.74. The number of hydrogen-bond acceptors (Lipinski definition) is 4. The predicted molar refractivity (Wildman–Crippen MR) is 114 cm³/mol. The van der Waals surface area contributed by atoms with Gasteiger partial charge in [0.05, 0.1) is 12.8 Å². The Bertz CT molecular complexity index is 669. The first-order chi connectivity index (χ1) is 14.0. The van der Waals surface area contributed by atoms with E-state index in [2.05, 4.69) is 15.1 Å². The number of urea groups is 1. The monoisotopic (exact) mass is 406 g/mol. The number of rotatable bonds is 6. The molecule has 2 aliphatic rings. The number of ether oxygens (including phenoxy) is 1. The van der Waals surface area contributed by atoms with Gasteiger partial charge in [0, 0.05) is 46.3 Å². The second-order valence-corrected chi connectivity index (χ2v) is 8.47. The van der Waals surface area contributed by atoms with Crippen LogP contribution in [0.3, 0.4) is 0 Å². The second kappa shape index (κ2) is 10.1. The first-order valence-electron chi connectivity index (χ1n) is 10.8. The molecule has 6 nitrogen and oxygen atoms in total. The lowest BCUT2D eigenvalue weighted by Crippen LogP contribution is -2.47. The van der Waals surface area contributed by atoms with Crippen LogP contribution in [-0.2, 0) is 0 Å². The van der Waals surface area contributed by atoms with Crippen LogP contribution in [0.4, 0.5) is 14.9 Å². The SMILES string of the molecule is COc1cccc(N2CCN(CC[C@H]3CC[C@H](NC(=O)N(C)C)CC3)CC2)c1F. The molecule has 162 valence electrons. The maximum absolute atomic E-state index is 14.5. The molecule has 0 unspecified atom stereocenters. The van der Waals surface area contributed by atoms with E-state index >= 15 is 0 Å². The topological polar surface area (TPSA) is 48.1 Å². The molecule has 29 heavy (non-hydrogen) atoms. The molecule has 3 rings (SSSR count). The van der Waals surface area contributed by atoms with E-state index in [4.69, 9.17) is 4.74 Å². The van der Waals surface area contributed by atoms with E-state index in [-0.39, 0.29) is 11.8 Å². The Kier molecular flexibility index (Phi) is 7.58. The Morgan fingerprint density at radius 2 is 1.86 bits per heavy atom. The fourth-order valence-electron chi connectivity index (χ4n) is 4.38. The summed E-state index contributed by atoms with van der Waals surface area (Å²) in [6.45, 7) is 4.71. The number of carbonyl (C=O) groups excluding carboxylic acids is 1. The van der Waals surface area contributed by atoms with Crippen molar-refractivity contribution in [2.75, 3.05) is 58.8 Å². The van der Waals surface area contributed by atoms with Crippen LogP contribution in [0.25, 0.3) is 0 Å². The molecular formula is C22H35FN4O2. The number of anilines is 1. The Balaban J connectivity index is 1.37. The van der Waals surface area contributed by atoms with Gasteiger partial charge in [-0.05, 0) is 56.7 Å². The van der Waals surface area contributed by atoms with Crippen molar-refractivity contribution in [3.63, 3.8) is 0 Å². The molecule has 1 aliphatic carbocycles. The highest BCUT2D eigenvalue weighted by atomic mass is 19.1. The van der Waals surface area contributed by atoms with E-state index in [9.17, 15) is 9.18 Å². The van der Waals surface area contributed by atoms with Crippen molar-refractivity contribution in [2.24, 2.45) is 5.92 Å². The Morgan fingerprint density at radius 1 is 1.17 bits per heavy atom. The maximum Gasteiger partial charge on any atom is 0.317 e. The summed E-state index contributed by atoms with van der Waals surface area (Å²) in [5.74, 6) is 0.792. The minimum atomic E-state index is -0.262. The summed E-state index contributed by atoms with van der Waals surface area (Å²) in [4.78, 5) is 18.0. The molecule has 0 aromatic heterocycles. The number of methoxy groups -OCH3 is 1. The highest BCUT2D eigenvalue weighted by Crippen LogP contribution is 2.29. The molecule has 1 saturated heterocycles. The van der Waals surface area contributed by atoms with Crippen molar-refractivity contribution in [1.82, 2.24) is 15.1 Å². The van der Waals surface area contributed by atoms with E-state index in [1.165, 1.54) is 26.4 Å². The number of benzene rings is 1. The van der Waals surface area contributed by atoms with Gasteiger partial charge in [0.1, 0.15) is 0 Å². The molecule has 1 heterocycles. The van der Waals surface area contributed by atoms with E-state index in [0.29, 0.717) is 17.5 Å². The lowest BCUT2D eigenvalue weighted by atomic mass is 9.84. The Hall–Kier alpha value is -2.02. The van der Waals surface area contributed by atoms with E-state index in [0.717, 1.165) is 51.5 Å². The van der Waals surface area contributed by atoms with Crippen molar-refractivity contribution >= 4 is 11.7 Å². The zero-order valence-corrected chi connectivity index (χ0v) is 18.0. The molecule has 0 bridgehead atoms. The molecule has 1 aromatic rings. The van der Waals surface area contributed by atoms with Crippen LogP contribution in [0.1, 0.15) is 32.1 Å². The van der Waals surface area contributed by atoms with Gasteiger partial charge in [0.2, 0.25) is 0 Å². The fraction of sp³-hybridized carbons (Fsp3) is 0.682. The van der Waals surface area contributed by atoms with E-state index in [1.54, 1.807) is 25.1 Å². The largest absolute Gasteiger partial charge is 0.494 e. The minimum absolute atomic E-state index is 0.0128. The van der Waals surface area contributed by atoms with Crippen LogP contribution in [0.5, 0.6) is 5.75 Å². The Labute approximate surface area is 174 Å². The zero-order valence-electron chi connectivity index (χ0n) is 18.0. The van der Waals surface area contributed by atoms with Gasteiger partial charge in [-0.1, -0.05) is 6.07 Å². The number of halogens is 1. The van der Waals surface area contributed by atoms with Crippen molar-refractivity contribution in [3.8, 4) is 5.75 Å². The molecule has 1 saturated carbocycles. The smallest absolute Gasteiger partial charge is 0.317 e. The van der Waals surface area contributed by atoms with Crippen molar-refractivity contribution < 1.29 is 13.9 Å². The van der Waals surface area contributed by atoms with Crippen LogP contribution in [-0.4, -0.2) is 75.8 Å². The number of amides is 2. The van der Waals surface area contributed by atoms with Gasteiger partial charge in [-0.15, -0.1) is 0 Å². The molecule has 1 aromatic carbocycles. The third kappa shape index (κ3) is 5.75. The third-order valence-corrected chi connectivity index (χ3v) is 6.31. The van der Waals surface area contributed by atoms with Crippen LogP contribution in [0.15, 0.2) is 18.2 Å². The fourth-order valence-corrected chi connectivity index (χ4v) is 4.38. The van der Waals surface area contributed by atoms with Crippen LogP contribution >= 0.6 is 0 Å². The third-order valence-electron chi connectivity index (χ3n) is 6.31. The average Bonchev–Trinajstić information content (AvgIpc) is 2.74. The second-order valence-electron chi connectivity index (χ2n) is 8.47. The van der Waals surface area contributed by atoms with E-state index in [1.807, 2.05) is 12.1 Å². The normalized spacial score (nSPS) is 23.0. The van der Waals surface area contributed by atoms with Crippen molar-refractivity contribution in [1.29, 1.82) is 0 Å². The summed E-state index contributed by atoms with van der Waals surface area (Å²) in [5.41, 5.74) is 0.641. The van der Waals surface area contributed by atoms with Crippen LogP contribution < -0.4 is 15.0 Å². The molecule has 0 atom stereocenters. The van der Waals surface area contributed by atoms with Crippen LogP contribution in [0, 0.1) is 11.7 Å². The standard InChI is InChI=1S/C22H35FN4O2/c1-25(2)22(28)24-18-9-7-17(8-10-18)11-12-26-13-15-27(16-14-26)19-5-4-6-20(29-3)21(19)23/h4-6,17-18H,7-16H2,1-3H3,(H,24,28)/t17-,18-. The summed E-state index contributed by atoms with van der Waals surface area (Å²) in [7, 11) is 5.07. The molecule has 1 aliphatic heterocycles. The number of carbonyl (C=O) groups is 1. The van der Waals surface area contributed by atoms with Gasteiger partial charge < -0.3 is 19.9 Å². The van der Waals surface area contributed by atoms with Gasteiger partial charge in [0.25, 0.3) is 0 Å².